The molecule has 0 unspecified atom stereocenters. The molecule has 0 radical (unpaired) electrons. The monoisotopic (exact) mass is 278 g/mol. The minimum Gasteiger partial charge on any atom is -0.324 e. The van der Waals surface area contributed by atoms with Crippen molar-refractivity contribution in [1.82, 2.24) is 4.90 Å². The van der Waals surface area contributed by atoms with E-state index >= 15 is 0 Å². The molecule has 1 aliphatic heterocycles. The predicted molar refractivity (Wildman–Crippen MR) is 79.0 cm³/mol. The van der Waals surface area contributed by atoms with Gasteiger partial charge in [-0.15, -0.1) is 0 Å². The van der Waals surface area contributed by atoms with Crippen molar-refractivity contribution in [3.63, 3.8) is 0 Å². The van der Waals surface area contributed by atoms with E-state index in [0.717, 1.165) is 19.6 Å². The van der Waals surface area contributed by atoms with E-state index < -0.39 is 0 Å². The molecular formula is C16H23FN2O. The van der Waals surface area contributed by atoms with Crippen LogP contribution in [0.3, 0.4) is 0 Å². The van der Waals surface area contributed by atoms with Gasteiger partial charge in [0.1, 0.15) is 5.82 Å². The van der Waals surface area contributed by atoms with Gasteiger partial charge < -0.3 is 10.2 Å². The molecule has 1 heterocycles. The average molecular weight is 278 g/mol. The summed E-state index contributed by atoms with van der Waals surface area (Å²) in [6.07, 6.45) is 1.67. The lowest BCUT2D eigenvalue weighted by atomic mass is 9.92. The number of carbonyl (C=O) groups excluding carboxylic acids is 1. The number of nitrogens with one attached hydrogen (secondary N) is 1. The molecule has 1 aromatic rings. The lowest BCUT2D eigenvalue weighted by molar-refractivity contribution is -0.116. The number of para-hydroxylation sites is 1. The molecule has 1 aliphatic rings. The van der Waals surface area contributed by atoms with E-state index in [1.807, 2.05) is 0 Å². The van der Waals surface area contributed by atoms with Crippen molar-refractivity contribution in [2.24, 2.45) is 11.8 Å². The lowest BCUT2D eigenvalue weighted by Gasteiger charge is -2.34. The van der Waals surface area contributed by atoms with Gasteiger partial charge in [0.05, 0.1) is 5.69 Å². The Kier molecular flexibility index (Phi) is 5.12. The van der Waals surface area contributed by atoms with Crippen LogP contribution in [-0.4, -0.2) is 30.4 Å². The summed E-state index contributed by atoms with van der Waals surface area (Å²) in [5, 5.41) is 2.63. The summed E-state index contributed by atoms with van der Waals surface area (Å²) in [6, 6.07) is 6.26. The molecule has 1 aromatic carbocycles. The normalized spacial score (nSPS) is 23.6. The van der Waals surface area contributed by atoms with Crippen LogP contribution in [0.25, 0.3) is 0 Å². The molecule has 0 saturated carbocycles. The minimum atomic E-state index is -0.388. The Hall–Kier alpha value is -1.42. The highest BCUT2D eigenvalue weighted by Gasteiger charge is 2.21. The number of carbonyl (C=O) groups is 1. The van der Waals surface area contributed by atoms with E-state index in [2.05, 4.69) is 24.1 Å². The molecule has 110 valence electrons. The molecule has 4 heteroatoms. The predicted octanol–water partition coefficient (Wildman–Crippen LogP) is 3.13. The highest BCUT2D eigenvalue weighted by Crippen LogP contribution is 2.21. The van der Waals surface area contributed by atoms with Crippen LogP contribution < -0.4 is 5.32 Å². The van der Waals surface area contributed by atoms with Gasteiger partial charge in [-0.25, -0.2) is 4.39 Å². The third-order valence-corrected chi connectivity index (χ3v) is 3.75. The second kappa shape index (κ2) is 6.84. The third kappa shape index (κ3) is 4.30. The fraction of sp³-hybridized carbons (Fsp3) is 0.562. The lowest BCUT2D eigenvalue weighted by Crippen LogP contribution is -2.40. The van der Waals surface area contributed by atoms with Crippen LogP contribution in [0.4, 0.5) is 10.1 Å². The van der Waals surface area contributed by atoms with Crippen LogP contribution in [0.1, 0.15) is 26.7 Å². The van der Waals surface area contributed by atoms with Gasteiger partial charge in [0.15, 0.2) is 0 Å². The van der Waals surface area contributed by atoms with E-state index in [9.17, 15) is 9.18 Å². The van der Waals surface area contributed by atoms with Gasteiger partial charge in [0.2, 0.25) is 5.91 Å². The molecule has 1 N–H and O–H groups in total. The van der Waals surface area contributed by atoms with Crippen molar-refractivity contribution < 1.29 is 9.18 Å². The Bertz CT molecular complexity index is 454. The molecular weight excluding hydrogens is 255 g/mol. The van der Waals surface area contributed by atoms with E-state index in [0.29, 0.717) is 18.3 Å². The molecule has 0 aliphatic carbocycles. The number of piperidine rings is 1. The Morgan fingerprint density at radius 1 is 1.30 bits per heavy atom. The molecule has 0 aromatic heterocycles. The van der Waals surface area contributed by atoms with Gasteiger partial charge in [-0.2, -0.15) is 0 Å². The van der Waals surface area contributed by atoms with E-state index in [1.165, 1.54) is 12.5 Å². The number of halogens is 1. The first kappa shape index (κ1) is 15.0. The van der Waals surface area contributed by atoms with Gasteiger partial charge in [-0.3, -0.25) is 4.79 Å². The SMILES string of the molecule is C[C@@H]1C[C@@H](C)CN(CCC(=O)Nc2ccccc2F)C1. The summed E-state index contributed by atoms with van der Waals surface area (Å²) in [5.41, 5.74) is 0.262. The summed E-state index contributed by atoms with van der Waals surface area (Å²) in [6.45, 7) is 7.35. The largest absolute Gasteiger partial charge is 0.324 e. The van der Waals surface area contributed by atoms with Gasteiger partial charge in [0, 0.05) is 26.1 Å². The first-order chi connectivity index (χ1) is 9.54. The molecule has 3 nitrogen and oxygen atoms in total. The molecule has 0 spiro atoms. The molecule has 2 atom stereocenters. The average Bonchev–Trinajstić information content (AvgIpc) is 2.38. The second-order valence-electron chi connectivity index (χ2n) is 5.98. The highest BCUT2D eigenvalue weighted by molar-refractivity contribution is 5.90. The van der Waals surface area contributed by atoms with Crippen LogP contribution in [0, 0.1) is 17.7 Å². The van der Waals surface area contributed by atoms with E-state index in [1.54, 1.807) is 18.2 Å². The summed E-state index contributed by atoms with van der Waals surface area (Å²) in [5.74, 6) is 0.865. The second-order valence-corrected chi connectivity index (χ2v) is 5.98. The van der Waals surface area contributed by atoms with Gasteiger partial charge in [0.25, 0.3) is 0 Å². The molecule has 1 fully saturated rings. The van der Waals surface area contributed by atoms with Crippen molar-refractivity contribution in [3.05, 3.63) is 30.1 Å². The standard InChI is InChI=1S/C16H23FN2O/c1-12-9-13(2)11-19(10-12)8-7-16(20)18-15-6-4-3-5-14(15)17/h3-6,12-13H,7-11H2,1-2H3,(H,18,20)/t12-,13-/m1/s1. The van der Waals surface area contributed by atoms with Gasteiger partial charge in [-0.1, -0.05) is 26.0 Å². The fourth-order valence-electron chi connectivity index (χ4n) is 3.01. The Morgan fingerprint density at radius 2 is 1.95 bits per heavy atom. The zero-order valence-electron chi connectivity index (χ0n) is 12.2. The topological polar surface area (TPSA) is 32.3 Å². The van der Waals surface area contributed by atoms with Crippen molar-refractivity contribution in [3.8, 4) is 0 Å². The van der Waals surface area contributed by atoms with Gasteiger partial charge in [-0.05, 0) is 30.4 Å². The molecule has 20 heavy (non-hydrogen) atoms. The zero-order valence-corrected chi connectivity index (χ0v) is 12.2. The fourth-order valence-corrected chi connectivity index (χ4v) is 3.01. The number of rotatable bonds is 4. The van der Waals surface area contributed by atoms with Crippen molar-refractivity contribution >= 4 is 11.6 Å². The Labute approximate surface area is 120 Å². The van der Waals surface area contributed by atoms with Crippen molar-refractivity contribution in [2.45, 2.75) is 26.7 Å². The summed E-state index contributed by atoms with van der Waals surface area (Å²) < 4.78 is 13.4. The van der Waals surface area contributed by atoms with Crippen molar-refractivity contribution in [2.75, 3.05) is 25.0 Å². The number of hydrogen-bond donors (Lipinski definition) is 1. The number of benzene rings is 1. The quantitative estimate of drug-likeness (QED) is 0.917. The van der Waals surface area contributed by atoms with E-state index in [4.69, 9.17) is 0 Å². The Balaban J connectivity index is 1.79. The van der Waals surface area contributed by atoms with Crippen LogP contribution in [0.5, 0.6) is 0 Å². The molecule has 0 bridgehead atoms. The van der Waals surface area contributed by atoms with Crippen LogP contribution in [-0.2, 0) is 4.79 Å². The molecule has 1 amide bonds. The first-order valence-electron chi connectivity index (χ1n) is 7.31. The minimum absolute atomic E-state index is 0.124. The smallest absolute Gasteiger partial charge is 0.225 e. The van der Waals surface area contributed by atoms with Crippen molar-refractivity contribution in [1.29, 1.82) is 0 Å². The first-order valence-corrected chi connectivity index (χ1v) is 7.31. The summed E-state index contributed by atoms with van der Waals surface area (Å²) in [7, 11) is 0. The zero-order chi connectivity index (χ0) is 14.5. The van der Waals surface area contributed by atoms with Crippen LogP contribution in [0.2, 0.25) is 0 Å². The van der Waals surface area contributed by atoms with Gasteiger partial charge >= 0.3 is 0 Å². The summed E-state index contributed by atoms with van der Waals surface area (Å²) >= 11 is 0. The maximum absolute atomic E-state index is 13.4. The number of amides is 1. The molecule has 2 rings (SSSR count). The Morgan fingerprint density at radius 3 is 2.60 bits per heavy atom. The maximum atomic E-state index is 13.4. The highest BCUT2D eigenvalue weighted by atomic mass is 19.1. The number of anilines is 1. The van der Waals surface area contributed by atoms with E-state index in [-0.39, 0.29) is 17.4 Å². The number of hydrogen-bond acceptors (Lipinski definition) is 2. The summed E-state index contributed by atoms with van der Waals surface area (Å²) in [4.78, 5) is 14.2. The number of nitrogens with zero attached hydrogens (tertiary/aromatic N) is 1. The van der Waals surface area contributed by atoms with Crippen LogP contribution in [0.15, 0.2) is 24.3 Å². The maximum Gasteiger partial charge on any atom is 0.225 e. The third-order valence-electron chi connectivity index (χ3n) is 3.75. The number of likely N-dealkylation sites (tertiary alicyclic amines) is 1. The molecule has 1 saturated heterocycles. The van der Waals surface area contributed by atoms with Crippen LogP contribution >= 0.6 is 0 Å².